The van der Waals surface area contributed by atoms with Gasteiger partial charge in [0.1, 0.15) is 5.75 Å². The van der Waals surface area contributed by atoms with Crippen molar-refractivity contribution in [1.29, 1.82) is 0 Å². The zero-order valence-electron chi connectivity index (χ0n) is 17.2. The Hall–Kier alpha value is -1.77. The highest BCUT2D eigenvalue weighted by Crippen LogP contribution is 2.27. The molecule has 0 bridgehead atoms. The SMILES string of the molecule is CCO[Si](CCCOc1ccc2sc3ccccc3c(=O)c2c1)(OCC)OCC. The average Bonchev–Trinajstić information content (AvgIpc) is 2.72. The van der Waals surface area contributed by atoms with Gasteiger partial charge in [0.2, 0.25) is 0 Å². The number of fused-ring (bicyclic) bond motifs is 2. The molecular formula is C22H28O5SSi. The largest absolute Gasteiger partial charge is 0.501 e. The predicted octanol–water partition coefficient (Wildman–Crippen LogP) is 5.23. The highest BCUT2D eigenvalue weighted by Gasteiger charge is 2.39. The van der Waals surface area contributed by atoms with E-state index >= 15 is 0 Å². The standard InChI is InChI=1S/C22H28O5SSi/c1-4-25-29(26-5-2,27-6-3)15-9-14-24-17-12-13-21-19(16-17)22(23)18-10-7-8-11-20(18)28-21/h7-8,10-13,16H,4-6,9,14-15H2,1-3H3. The molecule has 1 aromatic heterocycles. The van der Waals surface area contributed by atoms with Gasteiger partial charge in [0, 0.05) is 46.0 Å². The van der Waals surface area contributed by atoms with Crippen LogP contribution >= 0.6 is 11.3 Å². The van der Waals surface area contributed by atoms with E-state index in [1.807, 2.05) is 63.2 Å². The zero-order valence-corrected chi connectivity index (χ0v) is 19.1. The van der Waals surface area contributed by atoms with Gasteiger partial charge >= 0.3 is 8.80 Å². The summed E-state index contributed by atoms with van der Waals surface area (Å²) in [6.45, 7) is 8.08. The zero-order chi connectivity index (χ0) is 20.7. The van der Waals surface area contributed by atoms with Gasteiger partial charge in [0.15, 0.2) is 5.43 Å². The third-order valence-corrected chi connectivity index (χ3v) is 8.84. The van der Waals surface area contributed by atoms with Crippen LogP contribution in [0.4, 0.5) is 0 Å². The van der Waals surface area contributed by atoms with Crippen molar-refractivity contribution in [3.8, 4) is 5.75 Å². The smallest absolute Gasteiger partial charge is 0.494 e. The van der Waals surface area contributed by atoms with Crippen LogP contribution in [0.1, 0.15) is 27.2 Å². The van der Waals surface area contributed by atoms with E-state index in [1.165, 1.54) is 0 Å². The molecule has 156 valence electrons. The Morgan fingerprint density at radius 3 is 2.21 bits per heavy atom. The first-order valence-electron chi connectivity index (χ1n) is 10.1. The van der Waals surface area contributed by atoms with E-state index in [-0.39, 0.29) is 5.43 Å². The lowest BCUT2D eigenvalue weighted by molar-refractivity contribution is 0.0696. The number of hydrogen-bond acceptors (Lipinski definition) is 6. The minimum absolute atomic E-state index is 0.0512. The third kappa shape index (κ3) is 5.23. The fraction of sp³-hybridized carbons (Fsp3) is 0.409. The van der Waals surface area contributed by atoms with E-state index in [9.17, 15) is 4.79 Å². The molecule has 0 N–H and O–H groups in total. The van der Waals surface area contributed by atoms with Crippen LogP contribution in [0, 0.1) is 0 Å². The summed E-state index contributed by atoms with van der Waals surface area (Å²) in [6, 6.07) is 14.1. The second-order valence-electron chi connectivity index (χ2n) is 6.52. The maximum Gasteiger partial charge on any atom is 0.501 e. The molecule has 0 unspecified atom stereocenters. The summed E-state index contributed by atoms with van der Waals surface area (Å²) in [5.41, 5.74) is 0.0512. The summed E-state index contributed by atoms with van der Waals surface area (Å²) >= 11 is 1.62. The lowest BCUT2D eigenvalue weighted by atomic mass is 10.2. The average molecular weight is 433 g/mol. The van der Waals surface area contributed by atoms with Crippen LogP contribution in [0.3, 0.4) is 0 Å². The van der Waals surface area contributed by atoms with Crippen molar-refractivity contribution < 1.29 is 18.0 Å². The van der Waals surface area contributed by atoms with Crippen molar-refractivity contribution in [3.63, 3.8) is 0 Å². The van der Waals surface area contributed by atoms with Gasteiger partial charge in [-0.2, -0.15) is 0 Å². The van der Waals surface area contributed by atoms with Crippen LogP contribution in [0.5, 0.6) is 5.75 Å². The molecule has 7 heteroatoms. The normalized spacial score (nSPS) is 12.0. The summed E-state index contributed by atoms with van der Waals surface area (Å²) in [7, 11) is -2.65. The lowest BCUT2D eigenvalue weighted by Crippen LogP contribution is -2.46. The van der Waals surface area contributed by atoms with E-state index in [4.69, 9.17) is 18.0 Å². The van der Waals surface area contributed by atoms with Crippen LogP contribution in [-0.4, -0.2) is 35.2 Å². The minimum Gasteiger partial charge on any atom is -0.494 e. The molecule has 0 saturated carbocycles. The fourth-order valence-electron chi connectivity index (χ4n) is 3.35. The summed E-state index contributed by atoms with van der Waals surface area (Å²) < 4.78 is 25.5. The van der Waals surface area contributed by atoms with Crippen LogP contribution in [0.25, 0.3) is 20.2 Å². The molecule has 0 aliphatic rings. The molecule has 2 aromatic carbocycles. The molecule has 0 spiro atoms. The summed E-state index contributed by atoms with van der Waals surface area (Å²) in [6.07, 6.45) is 0.759. The fourth-order valence-corrected chi connectivity index (χ4v) is 6.98. The Bertz CT molecular complexity index is 986. The van der Waals surface area contributed by atoms with Crippen LogP contribution in [0.15, 0.2) is 47.3 Å². The molecule has 29 heavy (non-hydrogen) atoms. The van der Waals surface area contributed by atoms with E-state index in [0.717, 1.165) is 21.2 Å². The number of hydrogen-bond donors (Lipinski definition) is 0. The maximum absolute atomic E-state index is 12.8. The Morgan fingerprint density at radius 2 is 1.52 bits per heavy atom. The molecule has 0 aliphatic heterocycles. The second kappa shape index (κ2) is 10.3. The van der Waals surface area contributed by atoms with Gasteiger partial charge in [0.25, 0.3) is 0 Å². The number of benzene rings is 2. The molecule has 0 saturated heterocycles. The molecule has 0 fully saturated rings. The highest BCUT2D eigenvalue weighted by molar-refractivity contribution is 7.24. The van der Waals surface area contributed by atoms with Crippen molar-refractivity contribution in [3.05, 3.63) is 52.7 Å². The Kier molecular flexibility index (Phi) is 7.80. The summed E-state index contributed by atoms with van der Waals surface area (Å²) in [5.74, 6) is 0.702. The molecular weight excluding hydrogens is 404 g/mol. The van der Waals surface area contributed by atoms with E-state index in [2.05, 4.69) is 0 Å². The lowest BCUT2D eigenvalue weighted by Gasteiger charge is -2.28. The van der Waals surface area contributed by atoms with E-state index < -0.39 is 8.80 Å². The van der Waals surface area contributed by atoms with Gasteiger partial charge in [-0.25, -0.2) is 0 Å². The first kappa shape index (κ1) is 21.9. The van der Waals surface area contributed by atoms with Gasteiger partial charge in [0.05, 0.1) is 6.61 Å². The summed E-state index contributed by atoms with van der Waals surface area (Å²) in [4.78, 5) is 12.8. The molecule has 0 aliphatic carbocycles. The highest BCUT2D eigenvalue weighted by atomic mass is 32.1. The maximum atomic E-state index is 12.8. The van der Waals surface area contributed by atoms with Gasteiger partial charge < -0.3 is 18.0 Å². The van der Waals surface area contributed by atoms with Gasteiger partial charge in [-0.15, -0.1) is 11.3 Å². The first-order chi connectivity index (χ1) is 14.1. The van der Waals surface area contributed by atoms with Crippen LogP contribution in [0.2, 0.25) is 6.04 Å². The van der Waals surface area contributed by atoms with Crippen molar-refractivity contribution in [2.75, 3.05) is 26.4 Å². The van der Waals surface area contributed by atoms with Gasteiger partial charge in [-0.05, 0) is 57.5 Å². The third-order valence-electron chi connectivity index (χ3n) is 4.54. The van der Waals surface area contributed by atoms with Gasteiger partial charge in [-0.3, -0.25) is 4.79 Å². The van der Waals surface area contributed by atoms with Crippen molar-refractivity contribution in [2.45, 2.75) is 33.2 Å². The van der Waals surface area contributed by atoms with E-state index in [0.29, 0.717) is 43.6 Å². The Morgan fingerprint density at radius 1 is 0.862 bits per heavy atom. The molecule has 0 amide bonds. The molecule has 0 radical (unpaired) electrons. The quantitative estimate of drug-likeness (QED) is 0.236. The van der Waals surface area contributed by atoms with Crippen molar-refractivity contribution in [2.24, 2.45) is 0 Å². The van der Waals surface area contributed by atoms with Crippen LogP contribution in [-0.2, 0) is 13.3 Å². The second-order valence-corrected chi connectivity index (χ2v) is 10.3. The minimum atomic E-state index is -2.65. The van der Waals surface area contributed by atoms with E-state index in [1.54, 1.807) is 11.3 Å². The monoisotopic (exact) mass is 432 g/mol. The predicted molar refractivity (Wildman–Crippen MR) is 121 cm³/mol. The molecule has 3 aromatic rings. The molecule has 5 nitrogen and oxygen atoms in total. The number of rotatable bonds is 11. The topological polar surface area (TPSA) is 54.0 Å². The Balaban J connectivity index is 1.69. The first-order valence-corrected chi connectivity index (χ1v) is 12.9. The number of ether oxygens (including phenoxy) is 1. The molecule has 0 atom stereocenters. The van der Waals surface area contributed by atoms with Crippen molar-refractivity contribution in [1.82, 2.24) is 0 Å². The van der Waals surface area contributed by atoms with Gasteiger partial charge in [-0.1, -0.05) is 12.1 Å². The van der Waals surface area contributed by atoms with Crippen LogP contribution < -0.4 is 10.2 Å². The molecule has 1 heterocycles. The van der Waals surface area contributed by atoms with Crippen molar-refractivity contribution >= 4 is 40.3 Å². The molecule has 3 rings (SSSR count). The summed E-state index contributed by atoms with van der Waals surface area (Å²) in [5, 5.41) is 1.45. The Labute approximate surface area is 176 Å².